The van der Waals surface area contributed by atoms with Crippen LogP contribution in [0.4, 0.5) is 0 Å². The maximum absolute atomic E-state index is 12.3. The zero-order valence-corrected chi connectivity index (χ0v) is 15.1. The van der Waals surface area contributed by atoms with Crippen LogP contribution in [0.15, 0.2) is 6.20 Å². The van der Waals surface area contributed by atoms with Gasteiger partial charge in [0.15, 0.2) is 0 Å². The Kier molecular flexibility index (Phi) is 5.46. The molecule has 1 amide bonds. The molecule has 7 nitrogen and oxygen atoms in total. The molecular weight excluding hydrogens is 316 g/mol. The molecule has 1 aromatic rings. The van der Waals surface area contributed by atoms with Crippen molar-refractivity contribution in [2.45, 2.75) is 59.2 Å². The lowest BCUT2D eigenvalue weighted by atomic mass is 10.2. The van der Waals surface area contributed by atoms with E-state index in [9.17, 15) is 13.2 Å². The number of hydrogen-bond donors (Lipinski definition) is 1. The van der Waals surface area contributed by atoms with Crippen molar-refractivity contribution in [3.8, 4) is 0 Å². The number of fused-ring (bicyclic) bond motifs is 1. The molecule has 0 saturated carbocycles. The van der Waals surface area contributed by atoms with Crippen LogP contribution < -0.4 is 5.32 Å². The lowest BCUT2D eigenvalue weighted by Gasteiger charge is -2.32. The second-order valence-electron chi connectivity index (χ2n) is 6.29. The Labute approximate surface area is 138 Å². The second-order valence-corrected chi connectivity index (χ2v) is 8.33. The summed E-state index contributed by atoms with van der Waals surface area (Å²) in [4.78, 5) is 16.4. The van der Waals surface area contributed by atoms with Crippen molar-refractivity contribution in [1.29, 1.82) is 0 Å². The van der Waals surface area contributed by atoms with E-state index in [-0.39, 0.29) is 30.2 Å². The van der Waals surface area contributed by atoms with E-state index < -0.39 is 10.0 Å². The highest BCUT2D eigenvalue weighted by atomic mass is 32.2. The van der Waals surface area contributed by atoms with Crippen LogP contribution in [0.2, 0.25) is 0 Å². The predicted molar refractivity (Wildman–Crippen MR) is 88.4 cm³/mol. The quantitative estimate of drug-likeness (QED) is 0.838. The summed E-state index contributed by atoms with van der Waals surface area (Å²) < 4.78 is 28.2. The second kappa shape index (κ2) is 7.00. The summed E-state index contributed by atoms with van der Waals surface area (Å²) in [5.41, 5.74) is 0.680. The van der Waals surface area contributed by atoms with E-state index in [1.807, 2.05) is 38.5 Å². The minimum Gasteiger partial charge on any atom is -0.354 e. The molecule has 2 rings (SSSR count). The number of aromatic nitrogens is 2. The molecule has 1 aromatic heterocycles. The summed E-state index contributed by atoms with van der Waals surface area (Å²) in [7, 11) is -3.25. The van der Waals surface area contributed by atoms with E-state index in [0.717, 1.165) is 0 Å². The van der Waals surface area contributed by atoms with Crippen LogP contribution in [0.3, 0.4) is 0 Å². The van der Waals surface area contributed by atoms with Gasteiger partial charge in [0.25, 0.3) is 0 Å². The molecule has 1 N–H and O–H groups in total. The van der Waals surface area contributed by atoms with Gasteiger partial charge in [-0.3, -0.25) is 4.79 Å². The van der Waals surface area contributed by atoms with Gasteiger partial charge >= 0.3 is 0 Å². The molecule has 0 aromatic carbocycles. The van der Waals surface area contributed by atoms with Crippen molar-refractivity contribution in [3.63, 3.8) is 0 Å². The first-order valence-corrected chi connectivity index (χ1v) is 9.70. The number of nitrogens with one attached hydrogen (secondary N) is 1. The molecule has 0 saturated heterocycles. The highest BCUT2D eigenvalue weighted by Crippen LogP contribution is 2.27. The average molecular weight is 342 g/mol. The molecule has 8 heteroatoms. The number of carbonyl (C=O) groups excluding carboxylic acids is 1. The van der Waals surface area contributed by atoms with Gasteiger partial charge < -0.3 is 9.88 Å². The maximum atomic E-state index is 12.3. The zero-order chi connectivity index (χ0) is 17.2. The number of hydrogen-bond acceptors (Lipinski definition) is 4. The fourth-order valence-corrected chi connectivity index (χ4v) is 4.59. The lowest BCUT2D eigenvalue weighted by Crippen LogP contribution is -2.42. The number of sulfonamides is 1. The molecule has 0 radical (unpaired) electrons. The SMILES string of the molecule is CCCS(=O)(=O)N1CCn2cc(CC(=O)NC(C)C)nc2[C@H]1C. The molecule has 1 aliphatic rings. The summed E-state index contributed by atoms with van der Waals surface area (Å²) >= 11 is 0. The third-order valence-corrected chi connectivity index (χ3v) is 5.97. The minimum absolute atomic E-state index is 0.0708. The van der Waals surface area contributed by atoms with Gasteiger partial charge in [-0.25, -0.2) is 13.4 Å². The first-order chi connectivity index (χ1) is 10.7. The van der Waals surface area contributed by atoms with Gasteiger partial charge in [0.05, 0.1) is 23.9 Å². The number of imidazole rings is 1. The highest BCUT2D eigenvalue weighted by molar-refractivity contribution is 7.89. The van der Waals surface area contributed by atoms with E-state index in [1.54, 1.807) is 0 Å². The van der Waals surface area contributed by atoms with Gasteiger partial charge in [0.2, 0.25) is 15.9 Å². The van der Waals surface area contributed by atoms with Gasteiger partial charge in [-0.2, -0.15) is 4.31 Å². The van der Waals surface area contributed by atoms with Gasteiger partial charge in [0.1, 0.15) is 5.82 Å². The molecule has 0 unspecified atom stereocenters. The Bertz CT molecular complexity index is 666. The van der Waals surface area contributed by atoms with Crippen LogP contribution in [-0.2, 0) is 27.8 Å². The number of carbonyl (C=O) groups is 1. The number of rotatable bonds is 6. The Morgan fingerprint density at radius 1 is 1.43 bits per heavy atom. The molecule has 1 aliphatic heterocycles. The summed E-state index contributed by atoms with van der Waals surface area (Å²) in [6.07, 6.45) is 2.67. The van der Waals surface area contributed by atoms with Crippen molar-refractivity contribution < 1.29 is 13.2 Å². The van der Waals surface area contributed by atoms with Crippen molar-refractivity contribution in [2.24, 2.45) is 0 Å². The van der Waals surface area contributed by atoms with Gasteiger partial charge in [-0.05, 0) is 27.2 Å². The smallest absolute Gasteiger partial charge is 0.226 e. The monoisotopic (exact) mass is 342 g/mol. The molecule has 1 atom stereocenters. The first kappa shape index (κ1) is 17.9. The molecule has 2 heterocycles. The molecule has 0 bridgehead atoms. The topological polar surface area (TPSA) is 84.3 Å². The Morgan fingerprint density at radius 3 is 2.74 bits per heavy atom. The summed E-state index contributed by atoms with van der Waals surface area (Å²) in [5.74, 6) is 0.795. The fraction of sp³-hybridized carbons (Fsp3) is 0.733. The summed E-state index contributed by atoms with van der Waals surface area (Å²) in [5, 5.41) is 2.84. The number of amides is 1. The Morgan fingerprint density at radius 2 is 2.13 bits per heavy atom. The Hall–Kier alpha value is -1.41. The van der Waals surface area contributed by atoms with Crippen molar-refractivity contribution in [1.82, 2.24) is 19.2 Å². The standard InChI is InChI=1S/C15H26N4O3S/c1-5-8-23(21,22)19-7-6-18-10-13(17-15(18)12(19)4)9-14(20)16-11(2)3/h10-12H,5-9H2,1-4H3,(H,16,20)/t12-/m1/s1. The maximum Gasteiger partial charge on any atom is 0.226 e. The van der Waals surface area contributed by atoms with E-state index >= 15 is 0 Å². The molecular formula is C15H26N4O3S. The molecule has 23 heavy (non-hydrogen) atoms. The third-order valence-electron chi connectivity index (χ3n) is 3.83. The third kappa shape index (κ3) is 4.11. The van der Waals surface area contributed by atoms with Crippen LogP contribution in [-0.4, -0.2) is 46.5 Å². The summed E-state index contributed by atoms with van der Waals surface area (Å²) in [6, 6.07) is -0.212. The van der Waals surface area contributed by atoms with Crippen molar-refractivity contribution in [2.75, 3.05) is 12.3 Å². The minimum atomic E-state index is -3.25. The summed E-state index contributed by atoms with van der Waals surface area (Å²) in [6.45, 7) is 8.55. The predicted octanol–water partition coefficient (Wildman–Crippen LogP) is 1.07. The van der Waals surface area contributed by atoms with Gasteiger partial charge in [-0.1, -0.05) is 6.92 Å². The molecule has 0 fully saturated rings. The largest absolute Gasteiger partial charge is 0.354 e. The van der Waals surface area contributed by atoms with E-state index in [1.165, 1.54) is 4.31 Å². The highest BCUT2D eigenvalue weighted by Gasteiger charge is 2.33. The van der Waals surface area contributed by atoms with E-state index in [4.69, 9.17) is 0 Å². The molecule has 0 aliphatic carbocycles. The van der Waals surface area contributed by atoms with E-state index in [0.29, 0.717) is 31.0 Å². The zero-order valence-electron chi connectivity index (χ0n) is 14.2. The van der Waals surface area contributed by atoms with Crippen LogP contribution in [0, 0.1) is 0 Å². The lowest BCUT2D eigenvalue weighted by molar-refractivity contribution is -0.120. The van der Waals surface area contributed by atoms with Crippen molar-refractivity contribution >= 4 is 15.9 Å². The van der Waals surface area contributed by atoms with Crippen LogP contribution in [0.1, 0.15) is 51.7 Å². The average Bonchev–Trinajstić information content (AvgIpc) is 2.80. The van der Waals surface area contributed by atoms with Crippen molar-refractivity contribution in [3.05, 3.63) is 17.7 Å². The van der Waals surface area contributed by atoms with Gasteiger partial charge in [0, 0.05) is 25.3 Å². The normalized spacial score (nSPS) is 18.9. The van der Waals surface area contributed by atoms with Crippen LogP contribution >= 0.6 is 0 Å². The molecule has 0 spiro atoms. The fourth-order valence-electron chi connectivity index (χ4n) is 2.91. The first-order valence-electron chi connectivity index (χ1n) is 8.09. The van der Waals surface area contributed by atoms with E-state index in [2.05, 4.69) is 10.3 Å². The van der Waals surface area contributed by atoms with Crippen LogP contribution in [0.25, 0.3) is 0 Å². The Balaban J connectivity index is 2.16. The molecule has 130 valence electrons. The van der Waals surface area contributed by atoms with Crippen LogP contribution in [0.5, 0.6) is 0 Å². The van der Waals surface area contributed by atoms with Gasteiger partial charge in [-0.15, -0.1) is 0 Å². The number of nitrogens with zero attached hydrogens (tertiary/aromatic N) is 3.